The van der Waals surface area contributed by atoms with Gasteiger partial charge in [0.25, 0.3) is 0 Å². The van der Waals surface area contributed by atoms with Gasteiger partial charge in [-0.05, 0) is 63.5 Å². The number of likely N-dealkylation sites (tertiary alicyclic amines) is 1. The number of likely N-dealkylation sites (N-methyl/N-ethyl adjacent to an activating group) is 2. The van der Waals surface area contributed by atoms with Gasteiger partial charge >= 0.3 is 0 Å². The number of halogens is 2. The van der Waals surface area contributed by atoms with Gasteiger partial charge in [0.05, 0.1) is 0 Å². The van der Waals surface area contributed by atoms with E-state index in [9.17, 15) is 4.79 Å². The van der Waals surface area contributed by atoms with Crippen LogP contribution in [0, 0.1) is 17.8 Å². The number of hydrogen-bond acceptors (Lipinski definition) is 3. The van der Waals surface area contributed by atoms with E-state index in [0.717, 1.165) is 25.9 Å². The Balaban J connectivity index is 0.00000144. The first-order valence-electron chi connectivity index (χ1n) is 9.34. The second-order valence-corrected chi connectivity index (χ2v) is 7.84. The Bertz CT molecular complexity index is 396. The van der Waals surface area contributed by atoms with Crippen molar-refractivity contribution in [2.24, 2.45) is 23.5 Å². The van der Waals surface area contributed by atoms with Gasteiger partial charge in [0.2, 0.25) is 5.91 Å². The topological polar surface area (TPSA) is 49.6 Å². The summed E-state index contributed by atoms with van der Waals surface area (Å²) in [7, 11) is 2.01. The maximum atomic E-state index is 12.9. The zero-order chi connectivity index (χ0) is 15.7. The number of rotatable bonds is 4. The number of hydrogen-bond donors (Lipinski definition) is 1. The van der Waals surface area contributed by atoms with Crippen molar-refractivity contribution in [1.82, 2.24) is 9.80 Å². The largest absolute Gasteiger partial charge is 0.344 e. The lowest BCUT2D eigenvalue weighted by Gasteiger charge is -2.44. The van der Waals surface area contributed by atoms with Crippen LogP contribution in [0.5, 0.6) is 0 Å². The number of nitrogens with two attached hydrogens (primary N) is 1. The zero-order valence-corrected chi connectivity index (χ0v) is 16.8. The van der Waals surface area contributed by atoms with E-state index in [0.29, 0.717) is 29.8 Å². The molecule has 3 aliphatic rings. The zero-order valence-electron chi connectivity index (χ0n) is 15.2. The molecule has 0 radical (unpaired) electrons. The van der Waals surface area contributed by atoms with Gasteiger partial charge < -0.3 is 10.6 Å². The molecule has 3 rings (SSSR count). The standard InChI is InChI=1S/C18H33N3O.2ClH/c1-3-21-9-5-8-16(21)12-20(2)18(22)15-10-13-6-4-7-14(11-15)17(13)19;;/h13-17H,3-12,19H2,1-2H3;2*1H. The van der Waals surface area contributed by atoms with Crippen LogP contribution in [0.15, 0.2) is 0 Å². The Morgan fingerprint density at radius 3 is 2.33 bits per heavy atom. The van der Waals surface area contributed by atoms with Crippen molar-refractivity contribution in [3.63, 3.8) is 0 Å². The molecule has 3 atom stereocenters. The van der Waals surface area contributed by atoms with Crippen molar-refractivity contribution in [3.05, 3.63) is 0 Å². The Hall–Kier alpha value is -0.0300. The number of carbonyl (C=O) groups excluding carboxylic acids is 1. The molecular formula is C18H35Cl2N3O. The molecule has 6 heteroatoms. The van der Waals surface area contributed by atoms with Gasteiger partial charge in [-0.1, -0.05) is 13.3 Å². The highest BCUT2D eigenvalue weighted by atomic mass is 35.5. The quantitative estimate of drug-likeness (QED) is 0.816. The SMILES string of the molecule is CCN1CCCC1CN(C)C(=O)C1CC2CCCC(C1)C2N.Cl.Cl. The van der Waals surface area contributed by atoms with Crippen LogP contribution in [0.1, 0.15) is 51.9 Å². The van der Waals surface area contributed by atoms with Crippen LogP contribution < -0.4 is 5.73 Å². The van der Waals surface area contributed by atoms with Gasteiger partial charge in [-0.15, -0.1) is 24.8 Å². The second kappa shape index (κ2) is 9.61. The third-order valence-electron chi connectivity index (χ3n) is 6.53. The minimum atomic E-state index is 0. The summed E-state index contributed by atoms with van der Waals surface area (Å²) >= 11 is 0. The Kier molecular flexibility index (Phi) is 8.81. The van der Waals surface area contributed by atoms with Crippen molar-refractivity contribution in [3.8, 4) is 0 Å². The molecular weight excluding hydrogens is 345 g/mol. The number of amides is 1. The lowest BCUT2D eigenvalue weighted by Crippen LogP contribution is -2.50. The van der Waals surface area contributed by atoms with Gasteiger partial charge in [-0.2, -0.15) is 0 Å². The van der Waals surface area contributed by atoms with Crippen molar-refractivity contribution in [2.45, 2.75) is 64.0 Å². The van der Waals surface area contributed by atoms with E-state index >= 15 is 0 Å². The lowest BCUT2D eigenvalue weighted by molar-refractivity contribution is -0.137. The Labute approximate surface area is 159 Å². The van der Waals surface area contributed by atoms with E-state index in [1.165, 1.54) is 38.6 Å². The molecule has 1 aliphatic heterocycles. The molecule has 2 bridgehead atoms. The lowest BCUT2D eigenvalue weighted by atomic mass is 9.65. The van der Waals surface area contributed by atoms with Crippen LogP contribution in [0.3, 0.4) is 0 Å². The minimum Gasteiger partial charge on any atom is -0.344 e. The Morgan fingerprint density at radius 1 is 1.12 bits per heavy atom. The number of carbonyl (C=O) groups is 1. The highest BCUT2D eigenvalue weighted by Crippen LogP contribution is 2.42. The van der Waals surface area contributed by atoms with Gasteiger partial charge in [0.15, 0.2) is 0 Å². The summed E-state index contributed by atoms with van der Waals surface area (Å²) < 4.78 is 0. The fourth-order valence-electron chi connectivity index (χ4n) is 5.23. The number of fused-ring (bicyclic) bond motifs is 2. The highest BCUT2D eigenvalue weighted by Gasteiger charge is 2.41. The molecule has 2 saturated carbocycles. The average molecular weight is 380 g/mol. The molecule has 0 spiro atoms. The molecule has 2 aliphatic carbocycles. The summed E-state index contributed by atoms with van der Waals surface area (Å²) in [4.78, 5) is 17.4. The first-order chi connectivity index (χ1) is 10.6. The molecule has 1 heterocycles. The summed E-state index contributed by atoms with van der Waals surface area (Å²) in [5.74, 6) is 1.80. The average Bonchev–Trinajstić information content (AvgIpc) is 2.93. The summed E-state index contributed by atoms with van der Waals surface area (Å²) in [6, 6.07) is 0.929. The normalized spacial score (nSPS) is 35.7. The highest BCUT2D eigenvalue weighted by molar-refractivity contribution is 5.85. The van der Waals surface area contributed by atoms with Gasteiger partial charge in [0.1, 0.15) is 0 Å². The molecule has 1 amide bonds. The summed E-state index contributed by atoms with van der Waals surface area (Å²) in [5, 5.41) is 0. The molecule has 24 heavy (non-hydrogen) atoms. The first kappa shape index (κ1) is 22.0. The van der Waals surface area contributed by atoms with Crippen molar-refractivity contribution >= 4 is 30.7 Å². The van der Waals surface area contributed by atoms with Crippen molar-refractivity contribution < 1.29 is 4.79 Å². The van der Waals surface area contributed by atoms with Gasteiger partial charge in [-0.25, -0.2) is 0 Å². The predicted molar refractivity (Wildman–Crippen MR) is 104 cm³/mol. The van der Waals surface area contributed by atoms with E-state index in [2.05, 4.69) is 11.8 Å². The van der Waals surface area contributed by atoms with E-state index in [4.69, 9.17) is 5.73 Å². The maximum absolute atomic E-state index is 12.9. The van der Waals surface area contributed by atoms with Crippen LogP contribution in [-0.2, 0) is 4.79 Å². The fraction of sp³-hybridized carbons (Fsp3) is 0.944. The van der Waals surface area contributed by atoms with Crippen LogP contribution in [0.25, 0.3) is 0 Å². The summed E-state index contributed by atoms with van der Waals surface area (Å²) in [5.41, 5.74) is 6.36. The van der Waals surface area contributed by atoms with Crippen LogP contribution >= 0.6 is 24.8 Å². The minimum absolute atomic E-state index is 0. The monoisotopic (exact) mass is 379 g/mol. The molecule has 142 valence electrons. The van der Waals surface area contributed by atoms with Crippen LogP contribution in [0.4, 0.5) is 0 Å². The van der Waals surface area contributed by atoms with E-state index in [-0.39, 0.29) is 30.7 Å². The molecule has 3 unspecified atom stereocenters. The molecule has 0 aromatic heterocycles. The number of nitrogens with zero attached hydrogens (tertiary/aromatic N) is 2. The third-order valence-corrected chi connectivity index (χ3v) is 6.53. The van der Waals surface area contributed by atoms with Crippen LogP contribution in [0.2, 0.25) is 0 Å². The van der Waals surface area contributed by atoms with Crippen LogP contribution in [-0.4, -0.2) is 54.5 Å². The molecule has 4 nitrogen and oxygen atoms in total. The Morgan fingerprint density at radius 2 is 1.75 bits per heavy atom. The molecule has 2 N–H and O–H groups in total. The van der Waals surface area contributed by atoms with Gasteiger partial charge in [0, 0.05) is 31.6 Å². The molecule has 0 aromatic carbocycles. The first-order valence-corrected chi connectivity index (χ1v) is 9.34. The molecule has 1 saturated heterocycles. The summed E-state index contributed by atoms with van der Waals surface area (Å²) in [6.07, 6.45) is 8.36. The molecule has 3 fully saturated rings. The van der Waals surface area contributed by atoms with Gasteiger partial charge in [-0.3, -0.25) is 9.69 Å². The smallest absolute Gasteiger partial charge is 0.225 e. The third kappa shape index (κ3) is 4.57. The van der Waals surface area contributed by atoms with Crippen molar-refractivity contribution in [1.29, 1.82) is 0 Å². The predicted octanol–water partition coefficient (Wildman–Crippen LogP) is 2.93. The second-order valence-electron chi connectivity index (χ2n) is 7.84. The van der Waals surface area contributed by atoms with Crippen molar-refractivity contribution in [2.75, 3.05) is 26.7 Å². The van der Waals surface area contributed by atoms with E-state index in [1.807, 2.05) is 11.9 Å². The maximum Gasteiger partial charge on any atom is 0.225 e. The molecule has 0 aromatic rings. The summed E-state index contributed by atoms with van der Waals surface area (Å²) in [6.45, 7) is 5.44. The fourth-order valence-corrected chi connectivity index (χ4v) is 5.23. The van der Waals surface area contributed by atoms with E-state index < -0.39 is 0 Å². The van der Waals surface area contributed by atoms with E-state index in [1.54, 1.807) is 0 Å².